The van der Waals surface area contributed by atoms with E-state index in [-0.39, 0.29) is 18.0 Å². The van der Waals surface area contributed by atoms with Crippen LogP contribution in [0.15, 0.2) is 0 Å². The predicted molar refractivity (Wildman–Crippen MR) is 76.4 cm³/mol. The van der Waals surface area contributed by atoms with Gasteiger partial charge in [-0.25, -0.2) is 4.79 Å². The summed E-state index contributed by atoms with van der Waals surface area (Å²) in [5.74, 6) is 0.393. The third kappa shape index (κ3) is 4.39. The summed E-state index contributed by atoms with van der Waals surface area (Å²) < 4.78 is 0. The Bertz CT molecular complexity index is 351. The number of carbonyl (C=O) groups is 2. The lowest BCUT2D eigenvalue weighted by Gasteiger charge is -2.26. The zero-order valence-electron chi connectivity index (χ0n) is 12.2. The van der Waals surface area contributed by atoms with E-state index in [9.17, 15) is 9.59 Å². The molecule has 20 heavy (non-hydrogen) atoms. The predicted octanol–water partition coefficient (Wildman–Crippen LogP) is 2.37. The van der Waals surface area contributed by atoms with E-state index in [1.54, 1.807) is 0 Å². The molecule has 0 heterocycles. The van der Waals surface area contributed by atoms with Gasteiger partial charge in [-0.1, -0.05) is 19.8 Å². The highest BCUT2D eigenvalue weighted by Gasteiger charge is 2.30. The van der Waals surface area contributed by atoms with E-state index in [4.69, 9.17) is 5.11 Å². The van der Waals surface area contributed by atoms with E-state index in [0.717, 1.165) is 18.9 Å². The summed E-state index contributed by atoms with van der Waals surface area (Å²) in [4.78, 5) is 22.7. The highest BCUT2D eigenvalue weighted by Crippen LogP contribution is 2.28. The lowest BCUT2D eigenvalue weighted by Crippen LogP contribution is -2.43. The summed E-state index contributed by atoms with van der Waals surface area (Å²) in [6.07, 6.45) is 6.92. The molecule has 5 heteroatoms. The molecular weight excluding hydrogens is 256 g/mol. The maximum Gasteiger partial charge on any atom is 0.315 e. The lowest BCUT2D eigenvalue weighted by molar-refractivity contribution is -0.141. The average Bonchev–Trinajstić information content (AvgIpc) is 2.87. The molecular formula is C15H26N2O3. The van der Waals surface area contributed by atoms with Gasteiger partial charge >= 0.3 is 12.0 Å². The van der Waals surface area contributed by atoms with Crippen LogP contribution in [0.4, 0.5) is 4.79 Å². The van der Waals surface area contributed by atoms with Gasteiger partial charge in [-0.05, 0) is 43.9 Å². The fraction of sp³-hybridized carbons (Fsp3) is 0.867. The molecule has 2 amide bonds. The minimum absolute atomic E-state index is 0.0162. The van der Waals surface area contributed by atoms with Gasteiger partial charge in [0.25, 0.3) is 0 Å². The maximum atomic E-state index is 11.8. The van der Waals surface area contributed by atoms with E-state index in [0.29, 0.717) is 18.8 Å². The second-order valence-electron chi connectivity index (χ2n) is 6.53. The molecule has 0 spiro atoms. The van der Waals surface area contributed by atoms with E-state index in [2.05, 4.69) is 17.6 Å². The number of rotatable bonds is 4. The lowest BCUT2D eigenvalue weighted by atomic mass is 9.83. The highest BCUT2D eigenvalue weighted by atomic mass is 16.4. The number of amides is 2. The van der Waals surface area contributed by atoms with Gasteiger partial charge in [-0.3, -0.25) is 4.79 Å². The number of hydrogen-bond acceptors (Lipinski definition) is 2. The van der Waals surface area contributed by atoms with E-state index in [1.807, 2.05) is 0 Å². The van der Waals surface area contributed by atoms with Crippen molar-refractivity contribution in [1.82, 2.24) is 10.6 Å². The molecule has 2 aliphatic rings. The van der Waals surface area contributed by atoms with Gasteiger partial charge in [0.1, 0.15) is 0 Å². The SMILES string of the molecule is CC1CCC(CNC(=O)NC2CCC(C(=O)O)C2)CC1. The number of carbonyl (C=O) groups excluding carboxylic acids is 1. The van der Waals surface area contributed by atoms with Gasteiger partial charge in [0.15, 0.2) is 0 Å². The molecule has 2 unspecified atom stereocenters. The Hall–Kier alpha value is -1.26. The molecule has 2 saturated carbocycles. The van der Waals surface area contributed by atoms with Crippen LogP contribution in [-0.4, -0.2) is 29.7 Å². The van der Waals surface area contributed by atoms with Crippen molar-refractivity contribution in [2.45, 2.75) is 57.9 Å². The number of nitrogens with one attached hydrogen (secondary N) is 2. The first-order valence-electron chi connectivity index (χ1n) is 7.81. The summed E-state index contributed by atoms with van der Waals surface area (Å²) in [5.41, 5.74) is 0. The fourth-order valence-electron chi connectivity index (χ4n) is 3.34. The Morgan fingerprint density at radius 3 is 2.40 bits per heavy atom. The van der Waals surface area contributed by atoms with Gasteiger partial charge in [-0.15, -0.1) is 0 Å². The number of carboxylic acid groups (broad SMARTS) is 1. The molecule has 2 atom stereocenters. The van der Waals surface area contributed by atoms with Crippen molar-refractivity contribution < 1.29 is 14.7 Å². The quantitative estimate of drug-likeness (QED) is 0.740. The molecule has 0 aromatic rings. The van der Waals surface area contributed by atoms with Gasteiger partial charge < -0.3 is 15.7 Å². The van der Waals surface area contributed by atoms with Crippen molar-refractivity contribution in [3.63, 3.8) is 0 Å². The van der Waals surface area contributed by atoms with E-state index < -0.39 is 5.97 Å². The minimum Gasteiger partial charge on any atom is -0.481 e. The molecule has 0 aromatic carbocycles. The largest absolute Gasteiger partial charge is 0.481 e. The smallest absolute Gasteiger partial charge is 0.315 e. The Morgan fingerprint density at radius 1 is 1.10 bits per heavy atom. The second-order valence-corrected chi connectivity index (χ2v) is 6.53. The molecule has 2 rings (SSSR count). The van der Waals surface area contributed by atoms with Crippen LogP contribution in [-0.2, 0) is 4.79 Å². The molecule has 0 radical (unpaired) electrons. The third-order valence-corrected chi connectivity index (χ3v) is 4.80. The van der Waals surface area contributed by atoms with Gasteiger partial charge in [-0.2, -0.15) is 0 Å². The van der Waals surface area contributed by atoms with Crippen molar-refractivity contribution in [3.05, 3.63) is 0 Å². The molecule has 0 aliphatic heterocycles. The van der Waals surface area contributed by atoms with Crippen LogP contribution < -0.4 is 10.6 Å². The normalized spacial score (nSPS) is 33.6. The van der Waals surface area contributed by atoms with Crippen LogP contribution in [0.1, 0.15) is 51.9 Å². The summed E-state index contributed by atoms with van der Waals surface area (Å²) >= 11 is 0. The zero-order valence-corrected chi connectivity index (χ0v) is 12.2. The summed E-state index contributed by atoms with van der Waals surface area (Å²) in [6.45, 7) is 3.03. The van der Waals surface area contributed by atoms with Gasteiger partial charge in [0.2, 0.25) is 0 Å². The van der Waals surface area contributed by atoms with Gasteiger partial charge in [0.05, 0.1) is 5.92 Å². The molecule has 2 aliphatic carbocycles. The Labute approximate surface area is 120 Å². The minimum atomic E-state index is -0.744. The topological polar surface area (TPSA) is 78.4 Å². The van der Waals surface area contributed by atoms with Crippen LogP contribution in [0.25, 0.3) is 0 Å². The number of carboxylic acids is 1. The summed E-state index contributed by atoms with van der Waals surface area (Å²) in [7, 11) is 0. The first-order valence-corrected chi connectivity index (χ1v) is 7.81. The Balaban J connectivity index is 1.62. The highest BCUT2D eigenvalue weighted by molar-refractivity contribution is 5.75. The monoisotopic (exact) mass is 282 g/mol. The second kappa shape index (κ2) is 6.95. The van der Waals surface area contributed by atoms with Crippen LogP contribution in [0.5, 0.6) is 0 Å². The first kappa shape index (κ1) is 15.1. The van der Waals surface area contributed by atoms with Crippen molar-refractivity contribution in [2.75, 3.05) is 6.54 Å². The molecule has 2 fully saturated rings. The molecule has 0 bridgehead atoms. The molecule has 0 saturated heterocycles. The number of aliphatic carboxylic acids is 1. The zero-order chi connectivity index (χ0) is 14.5. The third-order valence-electron chi connectivity index (χ3n) is 4.80. The maximum absolute atomic E-state index is 11.8. The fourth-order valence-corrected chi connectivity index (χ4v) is 3.34. The molecule has 0 aromatic heterocycles. The van der Waals surface area contributed by atoms with Crippen molar-refractivity contribution in [2.24, 2.45) is 17.8 Å². The first-order chi connectivity index (χ1) is 9.54. The van der Waals surface area contributed by atoms with Crippen LogP contribution in [0.3, 0.4) is 0 Å². The van der Waals surface area contributed by atoms with Crippen LogP contribution in [0, 0.1) is 17.8 Å². The average molecular weight is 282 g/mol. The van der Waals surface area contributed by atoms with E-state index >= 15 is 0 Å². The Kier molecular flexibility index (Phi) is 5.26. The number of urea groups is 1. The summed E-state index contributed by atoms with van der Waals surface area (Å²) in [6, 6.07) is -0.123. The number of hydrogen-bond donors (Lipinski definition) is 3. The molecule has 114 valence electrons. The van der Waals surface area contributed by atoms with Crippen LogP contribution in [0.2, 0.25) is 0 Å². The van der Waals surface area contributed by atoms with Crippen molar-refractivity contribution in [1.29, 1.82) is 0 Å². The van der Waals surface area contributed by atoms with Gasteiger partial charge in [0, 0.05) is 12.6 Å². The Morgan fingerprint density at radius 2 is 1.80 bits per heavy atom. The van der Waals surface area contributed by atoms with Crippen LogP contribution >= 0.6 is 0 Å². The summed E-state index contributed by atoms with van der Waals surface area (Å²) in [5, 5.41) is 14.8. The van der Waals surface area contributed by atoms with E-state index in [1.165, 1.54) is 25.7 Å². The molecule has 5 nitrogen and oxygen atoms in total. The standard InChI is InChI=1S/C15H26N2O3/c1-10-2-4-11(5-3-10)9-16-15(20)17-13-7-6-12(8-13)14(18)19/h10-13H,2-9H2,1H3,(H,18,19)(H2,16,17,20). The molecule has 3 N–H and O–H groups in total. The van der Waals surface area contributed by atoms with Crippen molar-refractivity contribution >= 4 is 12.0 Å². The van der Waals surface area contributed by atoms with Crippen molar-refractivity contribution in [3.8, 4) is 0 Å².